The van der Waals surface area contributed by atoms with Gasteiger partial charge in [0.1, 0.15) is 11.3 Å². The standard InChI is InChI=1S/C14H18FN3/c1-2-14(6-8-16-9-7-14)13-17-11-5-3-4-10(15)12(11)18-13/h3-5,16H,2,6-9H2,1H3,(H,17,18). The Hall–Kier alpha value is -1.42. The van der Waals surface area contributed by atoms with Gasteiger partial charge in [-0.05, 0) is 44.5 Å². The van der Waals surface area contributed by atoms with Gasteiger partial charge in [0, 0.05) is 5.41 Å². The maximum absolute atomic E-state index is 13.7. The number of benzene rings is 1. The molecule has 0 radical (unpaired) electrons. The second-order valence-electron chi connectivity index (χ2n) is 5.11. The van der Waals surface area contributed by atoms with Gasteiger partial charge in [-0.1, -0.05) is 13.0 Å². The van der Waals surface area contributed by atoms with Gasteiger partial charge in [-0.15, -0.1) is 0 Å². The molecule has 0 saturated carbocycles. The maximum atomic E-state index is 13.7. The van der Waals surface area contributed by atoms with Crippen LogP contribution in [-0.4, -0.2) is 23.1 Å². The summed E-state index contributed by atoms with van der Waals surface area (Å²) in [5.74, 6) is 0.710. The van der Waals surface area contributed by atoms with Crippen LogP contribution in [-0.2, 0) is 5.41 Å². The number of hydrogen-bond donors (Lipinski definition) is 2. The van der Waals surface area contributed by atoms with Gasteiger partial charge in [-0.3, -0.25) is 0 Å². The summed E-state index contributed by atoms with van der Waals surface area (Å²) in [4.78, 5) is 7.84. The molecule has 0 unspecified atom stereocenters. The van der Waals surface area contributed by atoms with Gasteiger partial charge in [-0.25, -0.2) is 9.37 Å². The number of nitrogens with one attached hydrogen (secondary N) is 2. The van der Waals surface area contributed by atoms with E-state index in [9.17, 15) is 4.39 Å². The lowest BCUT2D eigenvalue weighted by Crippen LogP contribution is -2.40. The highest BCUT2D eigenvalue weighted by Crippen LogP contribution is 2.36. The first-order valence-corrected chi connectivity index (χ1v) is 6.61. The Morgan fingerprint density at radius 1 is 1.33 bits per heavy atom. The molecule has 2 heterocycles. The van der Waals surface area contributed by atoms with E-state index in [2.05, 4.69) is 22.2 Å². The van der Waals surface area contributed by atoms with Crippen LogP contribution in [0.15, 0.2) is 18.2 Å². The minimum Gasteiger partial charge on any atom is -0.341 e. The number of fused-ring (bicyclic) bond motifs is 1. The van der Waals surface area contributed by atoms with E-state index in [1.807, 2.05) is 6.07 Å². The Kier molecular flexibility index (Phi) is 2.82. The predicted molar refractivity (Wildman–Crippen MR) is 70.1 cm³/mol. The SMILES string of the molecule is CCC1(c2nc3c(F)cccc3[nH]2)CCNCC1. The number of hydrogen-bond acceptors (Lipinski definition) is 2. The summed E-state index contributed by atoms with van der Waals surface area (Å²) in [6.45, 7) is 4.20. The normalized spacial score (nSPS) is 19.2. The van der Waals surface area contributed by atoms with Crippen LogP contribution >= 0.6 is 0 Å². The molecule has 1 aromatic carbocycles. The molecule has 2 N–H and O–H groups in total. The molecule has 1 saturated heterocycles. The minimum atomic E-state index is -0.241. The van der Waals surface area contributed by atoms with Crippen LogP contribution < -0.4 is 5.32 Å². The van der Waals surface area contributed by atoms with Crippen molar-refractivity contribution in [2.45, 2.75) is 31.6 Å². The summed E-state index contributed by atoms with van der Waals surface area (Å²) >= 11 is 0. The lowest BCUT2D eigenvalue weighted by Gasteiger charge is -2.35. The third-order valence-electron chi connectivity index (χ3n) is 4.20. The number of halogens is 1. The fourth-order valence-electron chi connectivity index (χ4n) is 2.91. The van der Waals surface area contributed by atoms with E-state index in [1.165, 1.54) is 6.07 Å². The third-order valence-corrected chi connectivity index (χ3v) is 4.20. The molecule has 4 heteroatoms. The van der Waals surface area contributed by atoms with E-state index in [0.717, 1.165) is 43.7 Å². The molecule has 0 spiro atoms. The molecule has 0 atom stereocenters. The lowest BCUT2D eigenvalue weighted by molar-refractivity contribution is 0.285. The summed E-state index contributed by atoms with van der Waals surface area (Å²) in [6.07, 6.45) is 3.16. The second-order valence-corrected chi connectivity index (χ2v) is 5.11. The average molecular weight is 247 g/mol. The van der Waals surface area contributed by atoms with E-state index in [1.54, 1.807) is 6.07 Å². The van der Waals surface area contributed by atoms with E-state index in [4.69, 9.17) is 0 Å². The van der Waals surface area contributed by atoms with E-state index >= 15 is 0 Å². The number of nitrogens with zero attached hydrogens (tertiary/aromatic N) is 1. The fourth-order valence-corrected chi connectivity index (χ4v) is 2.91. The summed E-state index contributed by atoms with van der Waals surface area (Å²) in [7, 11) is 0. The van der Waals surface area contributed by atoms with Crippen LogP contribution in [0, 0.1) is 5.82 Å². The van der Waals surface area contributed by atoms with Crippen LogP contribution in [0.5, 0.6) is 0 Å². The number of aromatic amines is 1. The zero-order valence-corrected chi connectivity index (χ0v) is 10.6. The fraction of sp³-hybridized carbons (Fsp3) is 0.500. The molecule has 0 aliphatic carbocycles. The topological polar surface area (TPSA) is 40.7 Å². The Morgan fingerprint density at radius 3 is 2.78 bits per heavy atom. The van der Waals surface area contributed by atoms with Gasteiger partial charge in [0.2, 0.25) is 0 Å². The minimum absolute atomic E-state index is 0.0801. The van der Waals surface area contributed by atoms with Gasteiger partial charge in [0.05, 0.1) is 5.52 Å². The Labute approximate surface area is 106 Å². The summed E-state index contributed by atoms with van der Waals surface area (Å²) in [5, 5.41) is 3.37. The zero-order valence-electron chi connectivity index (χ0n) is 10.6. The van der Waals surface area contributed by atoms with E-state index < -0.39 is 0 Å². The Balaban J connectivity index is 2.09. The molecule has 0 bridgehead atoms. The smallest absolute Gasteiger partial charge is 0.151 e. The zero-order chi connectivity index (χ0) is 12.6. The van der Waals surface area contributed by atoms with Crippen molar-refractivity contribution in [3.8, 4) is 0 Å². The van der Waals surface area contributed by atoms with Crippen LogP contribution in [0.1, 0.15) is 32.0 Å². The van der Waals surface area contributed by atoms with Crippen molar-refractivity contribution in [2.24, 2.45) is 0 Å². The number of para-hydroxylation sites is 1. The van der Waals surface area contributed by atoms with Gasteiger partial charge < -0.3 is 10.3 Å². The van der Waals surface area contributed by atoms with Gasteiger partial charge in [0.15, 0.2) is 5.82 Å². The first-order valence-electron chi connectivity index (χ1n) is 6.61. The second kappa shape index (κ2) is 4.35. The van der Waals surface area contributed by atoms with Gasteiger partial charge >= 0.3 is 0 Å². The number of imidazole rings is 1. The number of aromatic nitrogens is 2. The van der Waals surface area contributed by atoms with Crippen LogP contribution in [0.2, 0.25) is 0 Å². The molecule has 2 aromatic rings. The molecule has 1 aromatic heterocycles. The van der Waals surface area contributed by atoms with Crippen LogP contribution in [0.4, 0.5) is 4.39 Å². The molecule has 1 fully saturated rings. The highest BCUT2D eigenvalue weighted by Gasteiger charge is 2.35. The Bertz CT molecular complexity index is 555. The monoisotopic (exact) mass is 247 g/mol. The molecular weight excluding hydrogens is 229 g/mol. The average Bonchev–Trinajstić information content (AvgIpc) is 2.85. The van der Waals surface area contributed by atoms with Crippen molar-refractivity contribution in [3.05, 3.63) is 29.8 Å². The summed E-state index contributed by atoms with van der Waals surface area (Å²) in [6, 6.07) is 5.08. The van der Waals surface area contributed by atoms with Crippen molar-refractivity contribution >= 4 is 11.0 Å². The lowest BCUT2D eigenvalue weighted by atomic mass is 9.76. The Morgan fingerprint density at radius 2 is 2.11 bits per heavy atom. The third kappa shape index (κ3) is 1.72. The quantitative estimate of drug-likeness (QED) is 0.856. The summed E-state index contributed by atoms with van der Waals surface area (Å²) < 4.78 is 13.7. The van der Waals surface area contributed by atoms with Crippen molar-refractivity contribution < 1.29 is 4.39 Å². The van der Waals surface area contributed by atoms with Crippen LogP contribution in [0.3, 0.4) is 0 Å². The van der Waals surface area contributed by atoms with Crippen molar-refractivity contribution in [3.63, 3.8) is 0 Å². The molecule has 3 nitrogen and oxygen atoms in total. The molecule has 1 aliphatic rings. The first-order chi connectivity index (χ1) is 8.75. The predicted octanol–water partition coefficient (Wildman–Crippen LogP) is 2.73. The van der Waals surface area contributed by atoms with Crippen molar-refractivity contribution in [1.82, 2.24) is 15.3 Å². The number of rotatable bonds is 2. The van der Waals surface area contributed by atoms with E-state index in [0.29, 0.717) is 5.52 Å². The summed E-state index contributed by atoms with van der Waals surface area (Å²) in [5.41, 5.74) is 1.35. The van der Waals surface area contributed by atoms with Gasteiger partial charge in [-0.2, -0.15) is 0 Å². The molecule has 3 rings (SSSR count). The maximum Gasteiger partial charge on any atom is 0.151 e. The number of piperidine rings is 1. The first kappa shape index (κ1) is 11.7. The number of H-pyrrole nitrogens is 1. The molecule has 0 amide bonds. The molecule has 96 valence electrons. The largest absolute Gasteiger partial charge is 0.341 e. The molecule has 1 aliphatic heterocycles. The van der Waals surface area contributed by atoms with Crippen molar-refractivity contribution in [1.29, 1.82) is 0 Å². The van der Waals surface area contributed by atoms with Crippen molar-refractivity contribution in [2.75, 3.05) is 13.1 Å². The van der Waals surface area contributed by atoms with E-state index in [-0.39, 0.29) is 11.2 Å². The highest BCUT2D eigenvalue weighted by molar-refractivity contribution is 5.75. The highest BCUT2D eigenvalue weighted by atomic mass is 19.1. The molecular formula is C14H18FN3. The molecule has 18 heavy (non-hydrogen) atoms. The van der Waals surface area contributed by atoms with Gasteiger partial charge in [0.25, 0.3) is 0 Å². The van der Waals surface area contributed by atoms with Crippen LogP contribution in [0.25, 0.3) is 11.0 Å².